The molecule has 1 aromatic rings. The molecule has 2 saturated heterocycles. The van der Waals surface area contributed by atoms with Gasteiger partial charge in [-0.3, -0.25) is 4.18 Å². The minimum Gasteiger partial charge on any atom is -0.497 e. The maximum atomic E-state index is 11.5. The quantitative estimate of drug-likeness (QED) is 0.388. The van der Waals surface area contributed by atoms with Gasteiger partial charge < -0.3 is 4.74 Å². The highest BCUT2D eigenvalue weighted by Gasteiger charge is 2.43. The molecule has 1 aromatic carbocycles. The van der Waals surface area contributed by atoms with Gasteiger partial charge in [0.05, 0.1) is 13.7 Å². The number of hydrogen-bond donors (Lipinski definition) is 0. The van der Waals surface area contributed by atoms with E-state index in [4.69, 9.17) is 8.92 Å². The van der Waals surface area contributed by atoms with Crippen molar-refractivity contribution >= 4 is 33.6 Å². The van der Waals surface area contributed by atoms with Crippen LogP contribution >= 0.6 is 23.5 Å². The molecular weight excluding hydrogens is 360 g/mol. The molecule has 0 spiro atoms. The zero-order valence-corrected chi connectivity index (χ0v) is 15.0. The predicted octanol–water partition coefficient (Wildman–Crippen LogP) is 2.39. The van der Waals surface area contributed by atoms with Crippen LogP contribution in [0.5, 0.6) is 5.75 Å². The molecule has 6 nitrogen and oxygen atoms in total. The zero-order valence-electron chi connectivity index (χ0n) is 12.5. The van der Waals surface area contributed by atoms with Crippen LogP contribution in [0.4, 0.5) is 0 Å². The SMILES string of the molecule is COc1ccc(CSC2CSC(COS(=O)(=O)C3OO3)C2)cc1. The van der Waals surface area contributed by atoms with Crippen LogP contribution in [0.2, 0.25) is 0 Å². The Morgan fingerprint density at radius 2 is 2.04 bits per heavy atom. The summed E-state index contributed by atoms with van der Waals surface area (Å²) in [5, 5.41) is 0.698. The molecular formula is C14H18O6S3. The monoisotopic (exact) mass is 378 g/mol. The molecule has 0 saturated carbocycles. The summed E-state index contributed by atoms with van der Waals surface area (Å²) in [6.07, 6.45) is 0.938. The Labute approximate surface area is 144 Å². The highest BCUT2D eigenvalue weighted by atomic mass is 32.2. The van der Waals surface area contributed by atoms with E-state index in [1.54, 1.807) is 18.9 Å². The Hall–Kier alpha value is -0.450. The highest BCUT2D eigenvalue weighted by Crippen LogP contribution is 2.36. The van der Waals surface area contributed by atoms with Gasteiger partial charge in [-0.05, 0) is 24.1 Å². The third-order valence-electron chi connectivity index (χ3n) is 3.52. The fourth-order valence-electron chi connectivity index (χ4n) is 2.19. The summed E-state index contributed by atoms with van der Waals surface area (Å²) in [4.78, 5) is 8.56. The Balaban J connectivity index is 1.39. The van der Waals surface area contributed by atoms with Gasteiger partial charge in [0.1, 0.15) is 5.75 Å². The van der Waals surface area contributed by atoms with Crippen LogP contribution in [0.3, 0.4) is 0 Å². The van der Waals surface area contributed by atoms with E-state index >= 15 is 0 Å². The minimum absolute atomic E-state index is 0.176. The largest absolute Gasteiger partial charge is 0.497 e. The van der Waals surface area contributed by atoms with E-state index in [9.17, 15) is 8.42 Å². The van der Waals surface area contributed by atoms with Crippen LogP contribution in [-0.2, 0) is 29.8 Å². The lowest BCUT2D eigenvalue weighted by atomic mass is 10.2. The van der Waals surface area contributed by atoms with Gasteiger partial charge in [0, 0.05) is 22.0 Å². The van der Waals surface area contributed by atoms with Gasteiger partial charge in [-0.15, -0.1) is 0 Å². The standard InChI is InChI=1S/C14H18O6S3/c1-17-11-4-2-10(3-5-11)8-21-13-6-12(22-9-13)7-18-23(15,16)14-19-20-14/h2-5,12-14H,6-9H2,1H3. The van der Waals surface area contributed by atoms with Crippen molar-refractivity contribution in [2.45, 2.75) is 28.3 Å². The van der Waals surface area contributed by atoms with Crippen molar-refractivity contribution in [2.24, 2.45) is 0 Å². The lowest BCUT2D eigenvalue weighted by Crippen LogP contribution is -2.18. The van der Waals surface area contributed by atoms with Crippen LogP contribution in [0.25, 0.3) is 0 Å². The zero-order chi connectivity index (χ0) is 16.3. The van der Waals surface area contributed by atoms with Crippen LogP contribution in [-0.4, -0.2) is 44.0 Å². The number of thioether (sulfide) groups is 2. The highest BCUT2D eigenvalue weighted by molar-refractivity contribution is 8.04. The molecule has 128 valence electrons. The first kappa shape index (κ1) is 17.4. The van der Waals surface area contributed by atoms with Gasteiger partial charge in [0.25, 0.3) is 0 Å². The Morgan fingerprint density at radius 3 is 2.70 bits per heavy atom. The van der Waals surface area contributed by atoms with E-state index < -0.39 is 15.7 Å². The van der Waals surface area contributed by atoms with Crippen molar-refractivity contribution < 1.29 is 27.1 Å². The smallest absolute Gasteiger partial charge is 0.347 e. The van der Waals surface area contributed by atoms with Crippen LogP contribution in [0.15, 0.2) is 24.3 Å². The summed E-state index contributed by atoms with van der Waals surface area (Å²) in [7, 11) is -2.07. The second-order valence-electron chi connectivity index (χ2n) is 5.23. The summed E-state index contributed by atoms with van der Waals surface area (Å²) >= 11 is 3.64. The summed E-state index contributed by atoms with van der Waals surface area (Å²) in [6, 6.07) is 8.05. The van der Waals surface area contributed by atoms with Crippen LogP contribution < -0.4 is 4.74 Å². The fourth-order valence-corrected chi connectivity index (χ4v) is 5.86. The third kappa shape index (κ3) is 5.01. The molecule has 3 rings (SSSR count). The van der Waals surface area contributed by atoms with Crippen molar-refractivity contribution in [3.05, 3.63) is 29.8 Å². The molecule has 2 unspecified atom stereocenters. The van der Waals surface area contributed by atoms with E-state index in [-0.39, 0.29) is 11.9 Å². The topological polar surface area (TPSA) is 77.7 Å². The number of ether oxygens (including phenoxy) is 1. The molecule has 0 N–H and O–H groups in total. The van der Waals surface area contributed by atoms with Gasteiger partial charge in [-0.2, -0.15) is 41.7 Å². The molecule has 0 aliphatic carbocycles. The fraction of sp³-hybridized carbons (Fsp3) is 0.571. The number of rotatable bonds is 8. The molecule has 0 radical (unpaired) electrons. The van der Waals surface area contributed by atoms with E-state index in [0.29, 0.717) is 5.25 Å². The molecule has 2 heterocycles. The molecule has 23 heavy (non-hydrogen) atoms. The minimum atomic E-state index is -3.73. The van der Waals surface area contributed by atoms with Gasteiger partial charge in [0.15, 0.2) is 0 Å². The molecule has 9 heteroatoms. The van der Waals surface area contributed by atoms with Gasteiger partial charge in [-0.25, -0.2) is 0 Å². The molecule has 2 fully saturated rings. The number of benzene rings is 1. The first-order valence-electron chi connectivity index (χ1n) is 7.13. The summed E-state index contributed by atoms with van der Waals surface area (Å²) in [6.45, 7) is 0.176. The second kappa shape index (κ2) is 7.62. The van der Waals surface area contributed by atoms with E-state index in [2.05, 4.69) is 21.9 Å². The predicted molar refractivity (Wildman–Crippen MR) is 89.8 cm³/mol. The maximum absolute atomic E-state index is 11.5. The van der Waals surface area contributed by atoms with E-state index in [1.807, 2.05) is 23.9 Å². The lowest BCUT2D eigenvalue weighted by Gasteiger charge is -2.10. The Morgan fingerprint density at radius 1 is 1.30 bits per heavy atom. The summed E-state index contributed by atoms with van der Waals surface area (Å²) in [5.41, 5.74) is 0.0280. The Kier molecular flexibility index (Phi) is 5.76. The van der Waals surface area contributed by atoms with Crippen molar-refractivity contribution in [3.8, 4) is 5.75 Å². The average Bonchev–Trinajstić information content (AvgIpc) is 3.33. The van der Waals surface area contributed by atoms with E-state index in [1.165, 1.54) is 5.56 Å². The molecule has 0 aromatic heterocycles. The van der Waals surface area contributed by atoms with Crippen molar-refractivity contribution in [1.82, 2.24) is 0 Å². The number of hydrogen-bond acceptors (Lipinski definition) is 8. The first-order valence-corrected chi connectivity index (χ1v) is 10.7. The Bertz CT molecular complexity index is 614. The lowest BCUT2D eigenvalue weighted by molar-refractivity contribution is 0.0850. The maximum Gasteiger partial charge on any atom is 0.347 e. The van der Waals surface area contributed by atoms with Gasteiger partial charge in [0.2, 0.25) is 0 Å². The van der Waals surface area contributed by atoms with Crippen LogP contribution in [0.1, 0.15) is 12.0 Å². The molecule has 0 bridgehead atoms. The van der Waals surface area contributed by atoms with Crippen molar-refractivity contribution in [1.29, 1.82) is 0 Å². The van der Waals surface area contributed by atoms with Crippen molar-refractivity contribution in [3.63, 3.8) is 0 Å². The van der Waals surface area contributed by atoms with Crippen LogP contribution in [0, 0.1) is 0 Å². The average molecular weight is 378 g/mol. The number of methoxy groups -OCH3 is 1. The second-order valence-corrected chi connectivity index (χ2v) is 9.46. The molecule has 2 aliphatic rings. The van der Waals surface area contributed by atoms with Crippen molar-refractivity contribution in [2.75, 3.05) is 19.5 Å². The van der Waals surface area contributed by atoms with E-state index in [0.717, 1.165) is 23.7 Å². The normalized spacial score (nSPS) is 24.7. The molecule has 2 atom stereocenters. The summed E-state index contributed by atoms with van der Waals surface area (Å²) < 4.78 is 33.1. The third-order valence-corrected chi connectivity index (χ3v) is 7.55. The summed E-state index contributed by atoms with van der Waals surface area (Å²) in [5.74, 6) is 2.80. The van der Waals surface area contributed by atoms with Gasteiger partial charge >= 0.3 is 15.7 Å². The first-order chi connectivity index (χ1) is 11.1. The molecule has 0 amide bonds. The van der Waals surface area contributed by atoms with Gasteiger partial charge in [-0.1, -0.05) is 12.1 Å². The molecule has 2 aliphatic heterocycles.